The second-order valence-electron chi connectivity index (χ2n) is 5.83. The minimum absolute atomic E-state index is 0.340. The van der Waals surface area contributed by atoms with Crippen LogP contribution in [0.25, 0.3) is 0 Å². The summed E-state index contributed by atoms with van der Waals surface area (Å²) in [6.45, 7) is 3.82. The smallest absolute Gasteiger partial charge is 0.183 e. The summed E-state index contributed by atoms with van der Waals surface area (Å²) in [6.07, 6.45) is 4.07. The lowest BCUT2D eigenvalue weighted by Crippen LogP contribution is -2.24. The number of rotatable bonds is 5. The number of pyridine rings is 2. The van der Waals surface area contributed by atoms with E-state index in [-0.39, 0.29) is 0 Å². The SMILES string of the molecule is COc1ccnc(CN2CCC[C@H]2c2cccc(C)n2)c1OC. The highest BCUT2D eigenvalue weighted by Crippen LogP contribution is 2.35. The molecule has 1 aliphatic rings. The van der Waals surface area contributed by atoms with Crippen LogP contribution in [-0.2, 0) is 6.54 Å². The first-order valence-corrected chi connectivity index (χ1v) is 7.96. The molecule has 5 heteroatoms. The summed E-state index contributed by atoms with van der Waals surface area (Å²) in [7, 11) is 3.31. The molecule has 2 aromatic heterocycles. The molecular weight excluding hydrogens is 290 g/mol. The van der Waals surface area contributed by atoms with E-state index in [4.69, 9.17) is 14.5 Å². The van der Waals surface area contributed by atoms with Crippen molar-refractivity contribution in [3.8, 4) is 11.5 Å². The molecule has 0 amide bonds. The summed E-state index contributed by atoms with van der Waals surface area (Å²) in [4.78, 5) is 11.6. The highest BCUT2D eigenvalue weighted by atomic mass is 16.5. The van der Waals surface area contributed by atoms with E-state index in [1.54, 1.807) is 20.4 Å². The quantitative estimate of drug-likeness (QED) is 0.848. The van der Waals surface area contributed by atoms with Gasteiger partial charge in [-0.05, 0) is 38.4 Å². The van der Waals surface area contributed by atoms with E-state index in [0.717, 1.165) is 48.1 Å². The molecule has 122 valence electrons. The van der Waals surface area contributed by atoms with Crippen molar-refractivity contribution in [3.05, 3.63) is 47.5 Å². The molecule has 0 unspecified atom stereocenters. The van der Waals surface area contributed by atoms with E-state index in [1.165, 1.54) is 6.42 Å². The number of nitrogens with zero attached hydrogens (tertiary/aromatic N) is 3. The fourth-order valence-corrected chi connectivity index (χ4v) is 3.26. The van der Waals surface area contributed by atoms with Gasteiger partial charge in [-0.25, -0.2) is 0 Å². The average molecular weight is 313 g/mol. The molecule has 0 N–H and O–H groups in total. The number of methoxy groups -OCH3 is 2. The van der Waals surface area contributed by atoms with Crippen LogP contribution in [0, 0.1) is 6.92 Å². The van der Waals surface area contributed by atoms with E-state index in [9.17, 15) is 0 Å². The molecule has 1 fully saturated rings. The van der Waals surface area contributed by atoms with Crippen LogP contribution in [0.1, 0.15) is 36.0 Å². The van der Waals surface area contributed by atoms with Crippen LogP contribution in [0.5, 0.6) is 11.5 Å². The van der Waals surface area contributed by atoms with Crippen molar-refractivity contribution in [3.63, 3.8) is 0 Å². The van der Waals surface area contributed by atoms with Crippen LogP contribution < -0.4 is 9.47 Å². The van der Waals surface area contributed by atoms with Gasteiger partial charge in [-0.15, -0.1) is 0 Å². The van der Waals surface area contributed by atoms with E-state index in [1.807, 2.05) is 19.1 Å². The van der Waals surface area contributed by atoms with Crippen LogP contribution in [0.2, 0.25) is 0 Å². The largest absolute Gasteiger partial charge is 0.493 e. The van der Waals surface area contributed by atoms with Crippen LogP contribution >= 0.6 is 0 Å². The number of ether oxygens (including phenoxy) is 2. The number of likely N-dealkylation sites (tertiary alicyclic amines) is 1. The standard InChI is InChI=1S/C18H23N3O2/c1-13-6-4-7-14(20-13)16-8-5-11-21(16)12-15-18(23-3)17(22-2)9-10-19-15/h4,6-7,9-10,16H,5,8,11-12H2,1-3H3/t16-/m0/s1. The van der Waals surface area contributed by atoms with Gasteiger partial charge < -0.3 is 9.47 Å². The Labute approximate surface area is 137 Å². The summed E-state index contributed by atoms with van der Waals surface area (Å²) in [5.74, 6) is 1.44. The Morgan fingerprint density at radius 3 is 2.83 bits per heavy atom. The van der Waals surface area contributed by atoms with Gasteiger partial charge in [-0.2, -0.15) is 0 Å². The molecule has 0 aliphatic carbocycles. The third kappa shape index (κ3) is 3.29. The lowest BCUT2D eigenvalue weighted by Gasteiger charge is -2.24. The van der Waals surface area contributed by atoms with Crippen molar-refractivity contribution < 1.29 is 9.47 Å². The number of hydrogen-bond donors (Lipinski definition) is 0. The Kier molecular flexibility index (Phi) is 4.76. The van der Waals surface area contributed by atoms with E-state index in [0.29, 0.717) is 6.04 Å². The molecule has 1 atom stereocenters. The summed E-state index contributed by atoms with van der Waals surface area (Å²) in [5, 5.41) is 0. The predicted molar refractivity (Wildman–Crippen MR) is 88.7 cm³/mol. The summed E-state index contributed by atoms with van der Waals surface area (Å²) in [5.41, 5.74) is 3.11. The van der Waals surface area contributed by atoms with Crippen LogP contribution in [-0.4, -0.2) is 35.6 Å². The Morgan fingerprint density at radius 1 is 1.22 bits per heavy atom. The second-order valence-corrected chi connectivity index (χ2v) is 5.83. The molecule has 0 saturated carbocycles. The van der Waals surface area contributed by atoms with Crippen molar-refractivity contribution in [2.24, 2.45) is 0 Å². The van der Waals surface area contributed by atoms with Crippen molar-refractivity contribution in [2.45, 2.75) is 32.4 Å². The molecule has 0 radical (unpaired) electrons. The molecule has 0 aromatic carbocycles. The number of aryl methyl sites for hydroxylation is 1. The third-order valence-electron chi connectivity index (χ3n) is 4.33. The highest BCUT2D eigenvalue weighted by Gasteiger charge is 2.28. The van der Waals surface area contributed by atoms with E-state index >= 15 is 0 Å². The number of aromatic nitrogens is 2. The van der Waals surface area contributed by atoms with Gasteiger partial charge in [0.2, 0.25) is 0 Å². The molecule has 0 bridgehead atoms. The molecule has 3 heterocycles. The maximum absolute atomic E-state index is 5.51. The molecule has 0 spiro atoms. The van der Waals surface area contributed by atoms with Gasteiger partial charge in [-0.3, -0.25) is 14.9 Å². The third-order valence-corrected chi connectivity index (χ3v) is 4.33. The van der Waals surface area contributed by atoms with Crippen LogP contribution in [0.3, 0.4) is 0 Å². The van der Waals surface area contributed by atoms with Gasteiger partial charge in [-0.1, -0.05) is 6.07 Å². The van der Waals surface area contributed by atoms with Crippen LogP contribution in [0.15, 0.2) is 30.5 Å². The molecular formula is C18H23N3O2. The molecule has 5 nitrogen and oxygen atoms in total. The summed E-state index contributed by atoms with van der Waals surface area (Å²) >= 11 is 0. The molecule has 23 heavy (non-hydrogen) atoms. The van der Waals surface area contributed by atoms with Gasteiger partial charge in [0.05, 0.1) is 26.0 Å². The lowest BCUT2D eigenvalue weighted by atomic mass is 10.1. The molecule has 2 aromatic rings. The maximum atomic E-state index is 5.51. The van der Waals surface area contributed by atoms with Crippen molar-refractivity contribution in [2.75, 3.05) is 20.8 Å². The van der Waals surface area contributed by atoms with Crippen molar-refractivity contribution in [1.82, 2.24) is 14.9 Å². The van der Waals surface area contributed by atoms with Gasteiger partial charge in [0, 0.05) is 24.5 Å². The van der Waals surface area contributed by atoms with Gasteiger partial charge in [0.1, 0.15) is 5.69 Å². The monoisotopic (exact) mass is 313 g/mol. The van der Waals surface area contributed by atoms with Gasteiger partial charge in [0.25, 0.3) is 0 Å². The van der Waals surface area contributed by atoms with Crippen molar-refractivity contribution in [1.29, 1.82) is 0 Å². The number of hydrogen-bond acceptors (Lipinski definition) is 5. The van der Waals surface area contributed by atoms with Crippen LogP contribution in [0.4, 0.5) is 0 Å². The zero-order valence-electron chi connectivity index (χ0n) is 14.0. The van der Waals surface area contributed by atoms with Gasteiger partial charge >= 0.3 is 0 Å². The first-order valence-electron chi connectivity index (χ1n) is 7.96. The fourth-order valence-electron chi connectivity index (χ4n) is 3.26. The predicted octanol–water partition coefficient (Wildman–Crippen LogP) is 3.14. The average Bonchev–Trinajstić information content (AvgIpc) is 3.02. The van der Waals surface area contributed by atoms with Gasteiger partial charge in [0.15, 0.2) is 11.5 Å². The van der Waals surface area contributed by atoms with Crippen molar-refractivity contribution >= 4 is 0 Å². The molecule has 3 rings (SSSR count). The highest BCUT2D eigenvalue weighted by molar-refractivity contribution is 5.42. The fraction of sp³-hybridized carbons (Fsp3) is 0.444. The minimum Gasteiger partial charge on any atom is -0.493 e. The Bertz CT molecular complexity index is 675. The summed E-state index contributed by atoms with van der Waals surface area (Å²) in [6, 6.07) is 8.40. The normalized spacial score (nSPS) is 18.1. The van der Waals surface area contributed by atoms with E-state index < -0.39 is 0 Å². The zero-order chi connectivity index (χ0) is 16.2. The Morgan fingerprint density at radius 2 is 2.09 bits per heavy atom. The minimum atomic E-state index is 0.340. The summed E-state index contributed by atoms with van der Waals surface area (Å²) < 4.78 is 10.9. The lowest BCUT2D eigenvalue weighted by molar-refractivity contribution is 0.235. The zero-order valence-corrected chi connectivity index (χ0v) is 14.0. The topological polar surface area (TPSA) is 47.5 Å². The first-order chi connectivity index (χ1) is 11.2. The Hall–Kier alpha value is -2.14. The second kappa shape index (κ2) is 6.96. The maximum Gasteiger partial charge on any atom is 0.183 e. The first kappa shape index (κ1) is 15.7. The Balaban J connectivity index is 1.85. The molecule has 1 saturated heterocycles. The van der Waals surface area contributed by atoms with E-state index in [2.05, 4.69) is 22.0 Å². The molecule has 1 aliphatic heterocycles.